The van der Waals surface area contributed by atoms with Gasteiger partial charge in [-0.1, -0.05) is 50.6 Å². The summed E-state index contributed by atoms with van der Waals surface area (Å²) in [6, 6.07) is 13.6. The van der Waals surface area contributed by atoms with E-state index in [1.165, 1.54) is 0 Å². The molecule has 1 heterocycles. The van der Waals surface area contributed by atoms with Gasteiger partial charge in [-0.3, -0.25) is 4.79 Å². The summed E-state index contributed by atoms with van der Waals surface area (Å²) in [6.07, 6.45) is 2.58. The molecule has 2 rings (SSSR count). The molecule has 0 bridgehead atoms. The molecule has 1 N–H and O–H groups in total. The quantitative estimate of drug-likeness (QED) is 0.870. The molecule has 106 valence electrons. The molecule has 0 aliphatic heterocycles. The zero-order valence-electron chi connectivity index (χ0n) is 12.0. The third-order valence-corrected chi connectivity index (χ3v) is 3.67. The van der Waals surface area contributed by atoms with Gasteiger partial charge in [0.25, 0.3) is 0 Å². The molecule has 2 unspecified atom stereocenters. The van der Waals surface area contributed by atoms with Gasteiger partial charge in [0.1, 0.15) is 5.76 Å². The van der Waals surface area contributed by atoms with E-state index < -0.39 is 0 Å². The lowest BCUT2D eigenvalue weighted by molar-refractivity contribution is -0.123. The average Bonchev–Trinajstić information content (AvgIpc) is 2.99. The molecule has 3 nitrogen and oxygen atoms in total. The predicted molar refractivity (Wildman–Crippen MR) is 79.2 cm³/mol. The van der Waals surface area contributed by atoms with Crippen LogP contribution in [-0.2, 0) is 11.3 Å². The molecule has 0 aliphatic carbocycles. The van der Waals surface area contributed by atoms with Crippen molar-refractivity contribution in [2.75, 3.05) is 0 Å². The zero-order chi connectivity index (χ0) is 14.4. The van der Waals surface area contributed by atoms with E-state index in [0.717, 1.165) is 17.7 Å². The fourth-order valence-corrected chi connectivity index (χ4v) is 2.33. The Morgan fingerprint density at radius 3 is 2.55 bits per heavy atom. The van der Waals surface area contributed by atoms with Crippen molar-refractivity contribution >= 4 is 5.91 Å². The first-order valence-electron chi connectivity index (χ1n) is 7.07. The van der Waals surface area contributed by atoms with Crippen LogP contribution in [0.4, 0.5) is 0 Å². The number of furan rings is 1. The highest BCUT2D eigenvalue weighted by atomic mass is 16.3. The Morgan fingerprint density at radius 1 is 1.20 bits per heavy atom. The molecule has 0 saturated heterocycles. The van der Waals surface area contributed by atoms with Crippen molar-refractivity contribution < 1.29 is 9.21 Å². The normalized spacial score (nSPS) is 13.7. The minimum Gasteiger partial charge on any atom is -0.467 e. The minimum atomic E-state index is -0.115. The summed E-state index contributed by atoms with van der Waals surface area (Å²) >= 11 is 0. The molecule has 20 heavy (non-hydrogen) atoms. The number of hydrogen-bond donors (Lipinski definition) is 1. The standard InChI is InChI=1S/C17H21NO2/c1-3-13(2)16(14-8-5-4-6-9-14)17(19)18-12-15-10-7-11-20-15/h4-11,13,16H,3,12H2,1-2H3,(H,18,19). The van der Waals surface area contributed by atoms with Crippen LogP contribution in [0.2, 0.25) is 0 Å². The van der Waals surface area contributed by atoms with Gasteiger partial charge in [0.15, 0.2) is 0 Å². The summed E-state index contributed by atoms with van der Waals surface area (Å²) in [5.74, 6) is 1.02. The van der Waals surface area contributed by atoms with Crippen LogP contribution in [0.5, 0.6) is 0 Å². The van der Waals surface area contributed by atoms with Crippen molar-refractivity contribution in [3.05, 3.63) is 60.1 Å². The van der Waals surface area contributed by atoms with Crippen molar-refractivity contribution in [3.8, 4) is 0 Å². The highest BCUT2D eigenvalue weighted by molar-refractivity contribution is 5.83. The van der Waals surface area contributed by atoms with Crippen LogP contribution in [0, 0.1) is 5.92 Å². The Labute approximate surface area is 120 Å². The summed E-state index contributed by atoms with van der Waals surface area (Å²) < 4.78 is 5.24. The molecule has 1 aromatic heterocycles. The smallest absolute Gasteiger partial charge is 0.228 e. The van der Waals surface area contributed by atoms with E-state index in [0.29, 0.717) is 12.5 Å². The van der Waals surface area contributed by atoms with Gasteiger partial charge >= 0.3 is 0 Å². The van der Waals surface area contributed by atoms with E-state index in [-0.39, 0.29) is 11.8 Å². The predicted octanol–water partition coefficient (Wildman–Crippen LogP) is 3.73. The highest BCUT2D eigenvalue weighted by Crippen LogP contribution is 2.27. The van der Waals surface area contributed by atoms with E-state index in [2.05, 4.69) is 19.2 Å². The number of carbonyl (C=O) groups excluding carboxylic acids is 1. The Morgan fingerprint density at radius 2 is 1.95 bits per heavy atom. The van der Waals surface area contributed by atoms with E-state index in [9.17, 15) is 4.79 Å². The SMILES string of the molecule is CCC(C)C(C(=O)NCc1ccco1)c1ccccc1. The van der Waals surface area contributed by atoms with Crippen LogP contribution < -0.4 is 5.32 Å². The third-order valence-electron chi connectivity index (χ3n) is 3.67. The number of nitrogens with one attached hydrogen (secondary N) is 1. The average molecular weight is 271 g/mol. The molecule has 0 radical (unpaired) electrons. The summed E-state index contributed by atoms with van der Waals surface area (Å²) in [4.78, 5) is 12.5. The second-order valence-electron chi connectivity index (χ2n) is 5.07. The Kier molecular flexibility index (Phi) is 4.99. The zero-order valence-corrected chi connectivity index (χ0v) is 12.0. The third kappa shape index (κ3) is 3.50. The maximum absolute atomic E-state index is 12.5. The van der Waals surface area contributed by atoms with Crippen molar-refractivity contribution in [1.82, 2.24) is 5.32 Å². The molecule has 1 amide bonds. The Bertz CT molecular complexity index is 519. The van der Waals surface area contributed by atoms with Crippen molar-refractivity contribution in [2.24, 2.45) is 5.92 Å². The van der Waals surface area contributed by atoms with Crippen LogP contribution >= 0.6 is 0 Å². The van der Waals surface area contributed by atoms with E-state index in [4.69, 9.17) is 4.42 Å². The monoisotopic (exact) mass is 271 g/mol. The second kappa shape index (κ2) is 6.94. The van der Waals surface area contributed by atoms with Gasteiger partial charge in [-0.2, -0.15) is 0 Å². The van der Waals surface area contributed by atoms with E-state index >= 15 is 0 Å². The van der Waals surface area contributed by atoms with Crippen molar-refractivity contribution in [2.45, 2.75) is 32.7 Å². The molecule has 0 spiro atoms. The van der Waals surface area contributed by atoms with Gasteiger partial charge in [0.05, 0.1) is 18.7 Å². The van der Waals surface area contributed by atoms with Gasteiger partial charge in [-0.25, -0.2) is 0 Å². The molecule has 2 atom stereocenters. The highest BCUT2D eigenvalue weighted by Gasteiger charge is 2.25. The lowest BCUT2D eigenvalue weighted by Gasteiger charge is -2.22. The molecule has 0 fully saturated rings. The molecule has 0 saturated carbocycles. The van der Waals surface area contributed by atoms with Gasteiger partial charge < -0.3 is 9.73 Å². The van der Waals surface area contributed by atoms with Crippen molar-refractivity contribution in [1.29, 1.82) is 0 Å². The molecular formula is C17H21NO2. The Balaban J connectivity index is 2.08. The number of benzene rings is 1. The fourth-order valence-electron chi connectivity index (χ4n) is 2.33. The lowest BCUT2D eigenvalue weighted by atomic mass is 9.85. The largest absolute Gasteiger partial charge is 0.467 e. The maximum Gasteiger partial charge on any atom is 0.228 e. The van der Waals surface area contributed by atoms with E-state index in [1.54, 1.807) is 6.26 Å². The summed E-state index contributed by atoms with van der Waals surface area (Å²) in [6.45, 7) is 4.66. The van der Waals surface area contributed by atoms with Crippen LogP contribution in [0.1, 0.15) is 37.5 Å². The van der Waals surface area contributed by atoms with Gasteiger partial charge in [-0.15, -0.1) is 0 Å². The first kappa shape index (κ1) is 14.4. The van der Waals surface area contributed by atoms with Crippen LogP contribution in [0.25, 0.3) is 0 Å². The maximum atomic E-state index is 12.5. The number of rotatable bonds is 6. The molecule has 3 heteroatoms. The van der Waals surface area contributed by atoms with Crippen LogP contribution in [0.15, 0.2) is 53.1 Å². The van der Waals surface area contributed by atoms with E-state index in [1.807, 2.05) is 42.5 Å². The molecular weight excluding hydrogens is 250 g/mol. The molecule has 0 aliphatic rings. The Hall–Kier alpha value is -2.03. The summed E-state index contributed by atoms with van der Waals surface area (Å²) in [5, 5.41) is 2.97. The topological polar surface area (TPSA) is 42.2 Å². The summed E-state index contributed by atoms with van der Waals surface area (Å²) in [5.41, 5.74) is 1.07. The lowest BCUT2D eigenvalue weighted by Crippen LogP contribution is -2.32. The van der Waals surface area contributed by atoms with Gasteiger partial charge in [-0.05, 0) is 23.6 Å². The summed E-state index contributed by atoms with van der Waals surface area (Å²) in [7, 11) is 0. The minimum absolute atomic E-state index is 0.0574. The molecule has 2 aromatic rings. The van der Waals surface area contributed by atoms with Crippen LogP contribution in [-0.4, -0.2) is 5.91 Å². The van der Waals surface area contributed by atoms with Crippen LogP contribution in [0.3, 0.4) is 0 Å². The first-order chi connectivity index (χ1) is 9.72. The number of amides is 1. The number of carbonyl (C=O) groups is 1. The van der Waals surface area contributed by atoms with Crippen molar-refractivity contribution in [3.63, 3.8) is 0 Å². The second-order valence-corrected chi connectivity index (χ2v) is 5.07. The first-order valence-corrected chi connectivity index (χ1v) is 7.07. The number of hydrogen-bond acceptors (Lipinski definition) is 2. The molecule has 1 aromatic carbocycles. The fraction of sp³-hybridized carbons (Fsp3) is 0.353. The van der Waals surface area contributed by atoms with Gasteiger partial charge in [0, 0.05) is 0 Å². The van der Waals surface area contributed by atoms with Gasteiger partial charge in [0.2, 0.25) is 5.91 Å².